The van der Waals surface area contributed by atoms with Crippen molar-refractivity contribution in [2.45, 2.75) is 25.0 Å². The van der Waals surface area contributed by atoms with Gasteiger partial charge in [0.05, 0.1) is 7.11 Å². The first-order valence-corrected chi connectivity index (χ1v) is 6.48. The fourth-order valence-electron chi connectivity index (χ4n) is 2.03. The summed E-state index contributed by atoms with van der Waals surface area (Å²) in [4.78, 5) is 22.9. The highest BCUT2D eigenvalue weighted by atomic mass is 16.7. The standard InChI is InChI=1S/C15H17NO4/c1-19-15(18)20-13-9-7-12(8-10-13)16-14(17)11-5-3-2-4-6-11/h2-7,9,12-13H,8,10H2,1H3,(H,16,17)/t12-,13+/m1/s1. The molecule has 106 valence electrons. The predicted molar refractivity (Wildman–Crippen MR) is 73.3 cm³/mol. The number of ether oxygens (including phenoxy) is 2. The molecule has 20 heavy (non-hydrogen) atoms. The largest absolute Gasteiger partial charge is 0.508 e. The summed E-state index contributed by atoms with van der Waals surface area (Å²) in [6.45, 7) is 0. The maximum atomic E-state index is 12.0. The molecular weight excluding hydrogens is 258 g/mol. The van der Waals surface area contributed by atoms with E-state index < -0.39 is 6.16 Å². The maximum Gasteiger partial charge on any atom is 0.508 e. The average Bonchev–Trinajstić information content (AvgIpc) is 2.50. The van der Waals surface area contributed by atoms with Crippen molar-refractivity contribution in [1.29, 1.82) is 0 Å². The summed E-state index contributed by atoms with van der Waals surface area (Å²) in [5.74, 6) is -0.104. The topological polar surface area (TPSA) is 64.6 Å². The molecule has 0 aliphatic heterocycles. The number of carbonyl (C=O) groups is 2. The van der Waals surface area contributed by atoms with Crippen LogP contribution in [-0.2, 0) is 9.47 Å². The van der Waals surface area contributed by atoms with E-state index in [0.717, 1.165) is 6.42 Å². The van der Waals surface area contributed by atoms with Crippen molar-refractivity contribution < 1.29 is 19.1 Å². The summed E-state index contributed by atoms with van der Waals surface area (Å²) in [7, 11) is 1.28. The fourth-order valence-corrected chi connectivity index (χ4v) is 2.03. The highest BCUT2D eigenvalue weighted by Gasteiger charge is 2.20. The van der Waals surface area contributed by atoms with Gasteiger partial charge in [-0.2, -0.15) is 0 Å². The van der Waals surface area contributed by atoms with Gasteiger partial charge in [-0.05, 0) is 31.1 Å². The number of rotatable bonds is 3. The van der Waals surface area contributed by atoms with E-state index in [2.05, 4.69) is 10.1 Å². The Morgan fingerprint density at radius 3 is 2.50 bits per heavy atom. The summed E-state index contributed by atoms with van der Waals surface area (Å²) >= 11 is 0. The molecule has 0 unspecified atom stereocenters. The minimum Gasteiger partial charge on any atom is -0.438 e. The van der Waals surface area contributed by atoms with E-state index in [1.165, 1.54) is 7.11 Å². The highest BCUT2D eigenvalue weighted by Crippen LogP contribution is 2.15. The average molecular weight is 275 g/mol. The molecule has 0 saturated heterocycles. The van der Waals surface area contributed by atoms with Crippen LogP contribution < -0.4 is 5.32 Å². The summed E-state index contributed by atoms with van der Waals surface area (Å²) in [5, 5.41) is 2.93. The highest BCUT2D eigenvalue weighted by molar-refractivity contribution is 5.94. The Hall–Kier alpha value is -2.30. The van der Waals surface area contributed by atoms with Gasteiger partial charge in [0.2, 0.25) is 0 Å². The van der Waals surface area contributed by atoms with E-state index in [4.69, 9.17) is 4.74 Å². The lowest BCUT2D eigenvalue weighted by Crippen LogP contribution is -2.36. The van der Waals surface area contributed by atoms with Crippen LogP contribution in [0.4, 0.5) is 4.79 Å². The van der Waals surface area contributed by atoms with Crippen LogP contribution in [0.15, 0.2) is 42.5 Å². The van der Waals surface area contributed by atoms with Crippen LogP contribution in [0.2, 0.25) is 0 Å². The zero-order chi connectivity index (χ0) is 14.4. The zero-order valence-electron chi connectivity index (χ0n) is 11.2. The minimum absolute atomic E-state index is 0.0415. The Bertz CT molecular complexity index is 498. The number of amides is 1. The van der Waals surface area contributed by atoms with Crippen LogP contribution in [0.25, 0.3) is 0 Å². The third kappa shape index (κ3) is 3.85. The maximum absolute atomic E-state index is 12.0. The van der Waals surface area contributed by atoms with Gasteiger partial charge in [0.25, 0.3) is 5.91 Å². The molecule has 1 aliphatic rings. The first-order valence-electron chi connectivity index (χ1n) is 6.48. The van der Waals surface area contributed by atoms with Crippen LogP contribution in [0.3, 0.4) is 0 Å². The SMILES string of the molecule is COC(=O)O[C@H]1C=C[C@@H](NC(=O)c2ccccc2)CC1. The first-order chi connectivity index (χ1) is 9.69. The van der Waals surface area contributed by atoms with E-state index in [1.54, 1.807) is 18.2 Å². The molecule has 1 amide bonds. The second-order valence-electron chi connectivity index (χ2n) is 4.52. The lowest BCUT2D eigenvalue weighted by atomic mass is 10.00. The van der Waals surface area contributed by atoms with Crippen LogP contribution >= 0.6 is 0 Å². The van der Waals surface area contributed by atoms with Gasteiger partial charge in [-0.15, -0.1) is 0 Å². The lowest BCUT2D eigenvalue weighted by Gasteiger charge is -2.23. The third-order valence-corrected chi connectivity index (χ3v) is 3.09. The Labute approximate surface area is 117 Å². The van der Waals surface area contributed by atoms with Crippen molar-refractivity contribution in [1.82, 2.24) is 5.32 Å². The van der Waals surface area contributed by atoms with Crippen molar-refractivity contribution in [3.63, 3.8) is 0 Å². The number of carbonyl (C=O) groups excluding carboxylic acids is 2. The molecule has 1 aromatic rings. The zero-order valence-corrected chi connectivity index (χ0v) is 11.2. The first kappa shape index (κ1) is 14.1. The number of hydrogen-bond donors (Lipinski definition) is 1. The second kappa shape index (κ2) is 6.75. The molecule has 1 aliphatic carbocycles. The number of methoxy groups -OCH3 is 1. The molecule has 2 atom stereocenters. The van der Waals surface area contributed by atoms with Crippen LogP contribution in [0, 0.1) is 0 Å². The van der Waals surface area contributed by atoms with Crippen LogP contribution in [0.5, 0.6) is 0 Å². The van der Waals surface area contributed by atoms with Crippen LogP contribution in [0.1, 0.15) is 23.2 Å². The van der Waals surface area contributed by atoms with Crippen molar-refractivity contribution >= 4 is 12.1 Å². The molecule has 0 aromatic heterocycles. The van der Waals surface area contributed by atoms with E-state index in [9.17, 15) is 9.59 Å². The van der Waals surface area contributed by atoms with Gasteiger partial charge in [-0.25, -0.2) is 4.79 Å². The second-order valence-corrected chi connectivity index (χ2v) is 4.52. The van der Waals surface area contributed by atoms with Crippen LogP contribution in [-0.4, -0.2) is 31.3 Å². The molecule has 0 spiro atoms. The number of nitrogens with one attached hydrogen (secondary N) is 1. The quantitative estimate of drug-likeness (QED) is 0.679. The van der Waals surface area contributed by atoms with E-state index in [0.29, 0.717) is 12.0 Å². The molecule has 0 saturated carbocycles. The Balaban J connectivity index is 1.86. The van der Waals surface area contributed by atoms with Crippen molar-refractivity contribution in [3.8, 4) is 0 Å². The van der Waals surface area contributed by atoms with Crippen molar-refractivity contribution in [3.05, 3.63) is 48.0 Å². The van der Waals surface area contributed by atoms with Gasteiger partial charge in [0.15, 0.2) is 0 Å². The van der Waals surface area contributed by atoms with Gasteiger partial charge < -0.3 is 14.8 Å². The molecule has 0 bridgehead atoms. The fraction of sp³-hybridized carbons (Fsp3) is 0.333. The number of hydrogen-bond acceptors (Lipinski definition) is 4. The molecule has 0 heterocycles. The summed E-state index contributed by atoms with van der Waals surface area (Å²) in [6, 6.07) is 9.01. The molecule has 1 aromatic carbocycles. The smallest absolute Gasteiger partial charge is 0.438 e. The molecule has 5 heteroatoms. The Morgan fingerprint density at radius 1 is 1.15 bits per heavy atom. The third-order valence-electron chi connectivity index (χ3n) is 3.09. The van der Waals surface area contributed by atoms with Crippen molar-refractivity contribution in [2.24, 2.45) is 0 Å². The summed E-state index contributed by atoms with van der Waals surface area (Å²) < 4.78 is 9.46. The summed E-state index contributed by atoms with van der Waals surface area (Å²) in [6.07, 6.45) is 4.02. The molecular formula is C15H17NO4. The molecule has 5 nitrogen and oxygen atoms in total. The lowest BCUT2D eigenvalue weighted by molar-refractivity contribution is 0.0468. The Morgan fingerprint density at radius 2 is 1.90 bits per heavy atom. The van der Waals surface area contributed by atoms with Gasteiger partial charge in [-0.3, -0.25) is 4.79 Å². The van der Waals surface area contributed by atoms with Crippen molar-refractivity contribution in [2.75, 3.05) is 7.11 Å². The van der Waals surface area contributed by atoms with E-state index in [-0.39, 0.29) is 18.1 Å². The summed E-state index contributed by atoms with van der Waals surface area (Å²) in [5.41, 5.74) is 0.633. The van der Waals surface area contributed by atoms with E-state index in [1.807, 2.05) is 24.3 Å². The molecule has 0 radical (unpaired) electrons. The molecule has 2 rings (SSSR count). The number of benzene rings is 1. The normalized spacial score (nSPS) is 21.1. The van der Waals surface area contributed by atoms with Gasteiger partial charge in [0.1, 0.15) is 6.10 Å². The van der Waals surface area contributed by atoms with Gasteiger partial charge in [0, 0.05) is 11.6 Å². The van der Waals surface area contributed by atoms with E-state index >= 15 is 0 Å². The minimum atomic E-state index is -0.688. The monoisotopic (exact) mass is 275 g/mol. The predicted octanol–water partition coefficient (Wildman–Crippen LogP) is 2.29. The Kier molecular flexibility index (Phi) is 4.76. The molecule has 1 N–H and O–H groups in total. The van der Waals surface area contributed by atoms with Gasteiger partial charge in [-0.1, -0.05) is 24.3 Å². The van der Waals surface area contributed by atoms with Gasteiger partial charge >= 0.3 is 6.16 Å². The molecule has 0 fully saturated rings.